The van der Waals surface area contributed by atoms with Gasteiger partial charge in [-0.05, 0) is 34.1 Å². The van der Waals surface area contributed by atoms with Crippen molar-refractivity contribution in [3.05, 3.63) is 27.7 Å². The summed E-state index contributed by atoms with van der Waals surface area (Å²) >= 11 is 9.08. The number of carbonyl (C=O) groups is 2. The van der Waals surface area contributed by atoms with Crippen LogP contribution in [0.15, 0.2) is 22.7 Å². The first-order chi connectivity index (χ1) is 9.38. The normalized spacial score (nSPS) is 21.9. The summed E-state index contributed by atoms with van der Waals surface area (Å²) in [7, 11) is 0. The molecule has 0 spiro atoms. The van der Waals surface area contributed by atoms with Gasteiger partial charge in [0.15, 0.2) is 0 Å². The van der Waals surface area contributed by atoms with E-state index in [2.05, 4.69) is 21.2 Å². The number of nitrogens with zero attached hydrogens (tertiary/aromatic N) is 1. The lowest BCUT2D eigenvalue weighted by Gasteiger charge is -2.21. The van der Waals surface area contributed by atoms with E-state index in [0.29, 0.717) is 15.2 Å². The van der Waals surface area contributed by atoms with Crippen LogP contribution in [0.5, 0.6) is 0 Å². The predicted octanol–water partition coefficient (Wildman–Crippen LogP) is 2.15. The zero-order valence-corrected chi connectivity index (χ0v) is 12.6. The molecule has 8 heteroatoms. The number of urea groups is 1. The summed E-state index contributed by atoms with van der Waals surface area (Å²) in [5.41, 5.74) is 0.483. The molecule has 3 N–H and O–H groups in total. The second-order valence-corrected chi connectivity index (χ2v) is 5.72. The molecule has 6 nitrogen and oxygen atoms in total. The Hall–Kier alpha value is -1.31. The van der Waals surface area contributed by atoms with Crippen LogP contribution in [-0.2, 0) is 4.79 Å². The molecule has 0 bridgehead atoms. The van der Waals surface area contributed by atoms with Gasteiger partial charge in [-0.15, -0.1) is 0 Å². The number of β-amino-alcohol motifs (C(OH)–C–C–N with tert-alkyl or cyclic N) is 1. The molecule has 0 radical (unpaired) electrons. The lowest BCUT2D eigenvalue weighted by Crippen LogP contribution is -2.43. The van der Waals surface area contributed by atoms with Crippen molar-refractivity contribution in [2.75, 3.05) is 11.9 Å². The van der Waals surface area contributed by atoms with Gasteiger partial charge in [-0.3, -0.25) is 0 Å². The van der Waals surface area contributed by atoms with Gasteiger partial charge in [0.25, 0.3) is 0 Å². The minimum absolute atomic E-state index is 0.00242. The van der Waals surface area contributed by atoms with E-state index < -0.39 is 24.1 Å². The molecule has 1 fully saturated rings. The van der Waals surface area contributed by atoms with E-state index in [1.54, 1.807) is 18.2 Å². The molecule has 0 aliphatic carbocycles. The highest BCUT2D eigenvalue weighted by atomic mass is 79.9. The van der Waals surface area contributed by atoms with Gasteiger partial charge >= 0.3 is 12.0 Å². The first-order valence-electron chi connectivity index (χ1n) is 5.82. The van der Waals surface area contributed by atoms with E-state index in [0.717, 1.165) is 4.90 Å². The first kappa shape index (κ1) is 15.1. The predicted molar refractivity (Wildman–Crippen MR) is 76.9 cm³/mol. The van der Waals surface area contributed by atoms with Crippen LogP contribution in [0.4, 0.5) is 10.5 Å². The molecule has 2 amide bonds. The Morgan fingerprint density at radius 2 is 2.15 bits per heavy atom. The maximum absolute atomic E-state index is 12.1. The standard InChI is InChI=1S/C12H12BrClN2O4/c13-8-3-6(1-2-9(8)14)15-12(20)16-5-7(17)4-10(16)11(18)19/h1-3,7,10,17H,4-5H2,(H,15,20)(H,18,19). The number of amides is 2. The van der Waals surface area contributed by atoms with Gasteiger partial charge in [0, 0.05) is 23.1 Å². The van der Waals surface area contributed by atoms with Crippen LogP contribution < -0.4 is 5.32 Å². The smallest absolute Gasteiger partial charge is 0.326 e. The summed E-state index contributed by atoms with van der Waals surface area (Å²) in [5.74, 6) is -1.13. The number of aliphatic carboxylic acids is 1. The Morgan fingerprint density at radius 1 is 1.45 bits per heavy atom. The Kier molecular flexibility index (Phi) is 4.52. The van der Waals surface area contributed by atoms with E-state index in [9.17, 15) is 14.7 Å². The fraction of sp³-hybridized carbons (Fsp3) is 0.333. The SMILES string of the molecule is O=C(O)C1CC(O)CN1C(=O)Nc1ccc(Cl)c(Br)c1. The van der Waals surface area contributed by atoms with Crippen LogP contribution in [0.1, 0.15) is 6.42 Å². The molecule has 0 aromatic heterocycles. The highest BCUT2D eigenvalue weighted by molar-refractivity contribution is 9.10. The lowest BCUT2D eigenvalue weighted by molar-refractivity contribution is -0.141. The van der Waals surface area contributed by atoms with Crippen molar-refractivity contribution in [1.29, 1.82) is 0 Å². The van der Waals surface area contributed by atoms with Crippen molar-refractivity contribution in [1.82, 2.24) is 4.90 Å². The maximum atomic E-state index is 12.1. The second kappa shape index (κ2) is 5.99. The largest absolute Gasteiger partial charge is 0.480 e. The third kappa shape index (κ3) is 3.23. The molecule has 108 valence electrons. The summed E-state index contributed by atoms with van der Waals surface area (Å²) in [4.78, 5) is 24.2. The number of carboxylic acids is 1. The van der Waals surface area contributed by atoms with Gasteiger partial charge < -0.3 is 20.4 Å². The number of hydrogen-bond donors (Lipinski definition) is 3. The average Bonchev–Trinajstić information content (AvgIpc) is 2.76. The number of halogens is 2. The van der Waals surface area contributed by atoms with Crippen molar-refractivity contribution < 1.29 is 19.8 Å². The molecule has 1 aliphatic heterocycles. The molecule has 20 heavy (non-hydrogen) atoms. The first-order valence-corrected chi connectivity index (χ1v) is 6.99. The topological polar surface area (TPSA) is 89.9 Å². The minimum atomic E-state index is -1.13. The van der Waals surface area contributed by atoms with Gasteiger partial charge in [0.05, 0.1) is 11.1 Å². The number of aliphatic hydroxyl groups is 1. The van der Waals surface area contributed by atoms with Gasteiger partial charge in [-0.25, -0.2) is 9.59 Å². The van der Waals surface area contributed by atoms with Gasteiger partial charge in [-0.2, -0.15) is 0 Å². The number of carboxylic acid groups (broad SMARTS) is 1. The van der Waals surface area contributed by atoms with Gasteiger partial charge in [0.2, 0.25) is 0 Å². The average molecular weight is 364 g/mol. The monoisotopic (exact) mass is 362 g/mol. The number of benzene rings is 1. The van der Waals surface area contributed by atoms with Crippen LogP contribution in [0.3, 0.4) is 0 Å². The van der Waals surface area contributed by atoms with E-state index >= 15 is 0 Å². The zero-order valence-electron chi connectivity index (χ0n) is 10.2. The molecule has 1 aliphatic rings. The molecule has 2 atom stereocenters. The third-order valence-electron chi connectivity index (χ3n) is 3.00. The van der Waals surface area contributed by atoms with Crippen molar-refractivity contribution >= 4 is 45.2 Å². The van der Waals surface area contributed by atoms with Crippen LogP contribution in [0.2, 0.25) is 5.02 Å². The van der Waals surface area contributed by atoms with Crippen molar-refractivity contribution in [2.45, 2.75) is 18.6 Å². The van der Waals surface area contributed by atoms with E-state index in [1.165, 1.54) is 0 Å². The Labute approximate surface area is 128 Å². The Morgan fingerprint density at radius 3 is 2.75 bits per heavy atom. The molecule has 1 saturated heterocycles. The number of likely N-dealkylation sites (tertiary alicyclic amines) is 1. The van der Waals surface area contributed by atoms with Crippen LogP contribution in [0, 0.1) is 0 Å². The van der Waals surface area contributed by atoms with E-state index in [-0.39, 0.29) is 13.0 Å². The second-order valence-electron chi connectivity index (χ2n) is 4.45. The van der Waals surface area contributed by atoms with Gasteiger partial charge in [-0.1, -0.05) is 11.6 Å². The number of carbonyl (C=O) groups excluding carboxylic acids is 1. The van der Waals surface area contributed by atoms with Gasteiger partial charge in [0.1, 0.15) is 6.04 Å². The molecule has 1 aromatic rings. The molecule has 1 heterocycles. The van der Waals surface area contributed by atoms with E-state index in [4.69, 9.17) is 16.7 Å². The zero-order chi connectivity index (χ0) is 14.9. The highest BCUT2D eigenvalue weighted by Gasteiger charge is 2.38. The minimum Gasteiger partial charge on any atom is -0.480 e. The molecule has 1 aromatic carbocycles. The summed E-state index contributed by atoms with van der Waals surface area (Å²) in [6, 6.07) is 3.24. The lowest BCUT2D eigenvalue weighted by atomic mass is 10.2. The molecular weight excluding hydrogens is 351 g/mol. The number of nitrogens with one attached hydrogen (secondary N) is 1. The molecular formula is C12H12BrClN2O4. The fourth-order valence-electron chi connectivity index (χ4n) is 2.04. The quantitative estimate of drug-likeness (QED) is 0.751. The summed E-state index contributed by atoms with van der Waals surface area (Å²) in [5, 5.41) is 21.6. The maximum Gasteiger partial charge on any atom is 0.326 e. The van der Waals surface area contributed by atoms with E-state index in [1.807, 2.05) is 0 Å². The number of hydrogen-bond acceptors (Lipinski definition) is 3. The molecule has 2 rings (SSSR count). The highest BCUT2D eigenvalue weighted by Crippen LogP contribution is 2.26. The van der Waals surface area contributed by atoms with Crippen LogP contribution >= 0.6 is 27.5 Å². The Balaban J connectivity index is 2.11. The van der Waals surface area contributed by atoms with Crippen molar-refractivity contribution in [3.63, 3.8) is 0 Å². The van der Waals surface area contributed by atoms with Crippen LogP contribution in [-0.4, -0.2) is 45.8 Å². The summed E-state index contributed by atoms with van der Waals surface area (Å²) < 4.78 is 0.619. The molecule has 2 unspecified atom stereocenters. The third-order valence-corrected chi connectivity index (χ3v) is 4.21. The molecule has 0 saturated carbocycles. The summed E-state index contributed by atoms with van der Waals surface area (Å²) in [6.45, 7) is -0.00242. The van der Waals surface area contributed by atoms with Crippen molar-refractivity contribution in [3.8, 4) is 0 Å². The van der Waals surface area contributed by atoms with Crippen LogP contribution in [0.25, 0.3) is 0 Å². The number of rotatable bonds is 2. The number of aliphatic hydroxyl groups excluding tert-OH is 1. The summed E-state index contributed by atoms with van der Waals surface area (Å²) in [6.07, 6.45) is -0.786. The Bertz CT molecular complexity index is 554. The number of anilines is 1. The van der Waals surface area contributed by atoms with Crippen molar-refractivity contribution in [2.24, 2.45) is 0 Å². The fourth-order valence-corrected chi connectivity index (χ4v) is 2.54.